The zero-order valence-corrected chi connectivity index (χ0v) is 9.12. The second kappa shape index (κ2) is 3.78. The minimum absolute atomic E-state index is 1.12. The topological polar surface area (TPSA) is 0 Å². The van der Waals surface area contributed by atoms with Crippen LogP contribution in [-0.2, 0) is 0 Å². The van der Waals surface area contributed by atoms with E-state index in [1.165, 1.54) is 11.1 Å². The molecule has 0 nitrogen and oxygen atoms in total. The van der Waals surface area contributed by atoms with Crippen LogP contribution in [-0.4, -0.2) is 0 Å². The molecule has 0 N–H and O–H groups in total. The third kappa shape index (κ3) is 1.89. The van der Waals surface area contributed by atoms with E-state index < -0.39 is 0 Å². The van der Waals surface area contributed by atoms with E-state index in [0.717, 1.165) is 10.0 Å². The van der Waals surface area contributed by atoms with E-state index in [1.54, 1.807) is 0 Å². The normalized spacial score (nSPS) is 9.00. The highest BCUT2D eigenvalue weighted by Crippen LogP contribution is 2.19. The molecule has 1 heteroatoms. The Morgan fingerprint density at radius 2 is 1.67 bits per heavy atom. The molecular formula is C11H11Br. The third-order valence-electron chi connectivity index (χ3n) is 1.75. The first kappa shape index (κ1) is 9.35. The van der Waals surface area contributed by atoms with E-state index in [1.807, 2.05) is 6.92 Å². The van der Waals surface area contributed by atoms with Crippen LogP contribution in [0.1, 0.15) is 23.6 Å². The predicted octanol–water partition coefficient (Wildman–Crippen LogP) is 3.44. The summed E-state index contributed by atoms with van der Waals surface area (Å²) < 4.78 is 1.12. The fraction of sp³-hybridized carbons (Fsp3) is 0.273. The summed E-state index contributed by atoms with van der Waals surface area (Å²) in [7, 11) is 0. The Bertz CT molecular complexity index is 330. The second-order valence-corrected chi connectivity index (χ2v) is 3.71. The van der Waals surface area contributed by atoms with Crippen LogP contribution in [0.25, 0.3) is 0 Å². The van der Waals surface area contributed by atoms with Gasteiger partial charge in [0.2, 0.25) is 0 Å². The Balaban J connectivity index is 3.34. The number of benzene rings is 1. The van der Waals surface area contributed by atoms with Crippen molar-refractivity contribution in [2.24, 2.45) is 0 Å². The van der Waals surface area contributed by atoms with E-state index in [-0.39, 0.29) is 0 Å². The number of aryl methyl sites for hydroxylation is 2. The van der Waals surface area contributed by atoms with Crippen molar-refractivity contribution in [2.45, 2.75) is 20.8 Å². The van der Waals surface area contributed by atoms with Crippen molar-refractivity contribution in [1.29, 1.82) is 0 Å². The zero-order valence-electron chi connectivity index (χ0n) is 7.53. The van der Waals surface area contributed by atoms with E-state index >= 15 is 0 Å². The molecule has 1 aromatic rings. The fourth-order valence-electron chi connectivity index (χ4n) is 1.23. The van der Waals surface area contributed by atoms with Crippen molar-refractivity contribution < 1.29 is 0 Å². The number of rotatable bonds is 0. The molecule has 0 heterocycles. The van der Waals surface area contributed by atoms with Crippen molar-refractivity contribution in [3.05, 3.63) is 33.3 Å². The van der Waals surface area contributed by atoms with Gasteiger partial charge in [0, 0.05) is 10.0 Å². The van der Waals surface area contributed by atoms with Gasteiger partial charge in [-0.1, -0.05) is 21.9 Å². The van der Waals surface area contributed by atoms with Crippen molar-refractivity contribution in [3.63, 3.8) is 0 Å². The summed E-state index contributed by atoms with van der Waals surface area (Å²) in [4.78, 5) is 0. The van der Waals surface area contributed by atoms with Gasteiger partial charge in [0.15, 0.2) is 0 Å². The number of hydrogen-bond acceptors (Lipinski definition) is 0. The Morgan fingerprint density at radius 1 is 1.17 bits per heavy atom. The first-order valence-corrected chi connectivity index (χ1v) is 4.64. The van der Waals surface area contributed by atoms with Gasteiger partial charge in [-0.2, -0.15) is 0 Å². The summed E-state index contributed by atoms with van der Waals surface area (Å²) in [6.07, 6.45) is 0. The zero-order chi connectivity index (χ0) is 9.14. The Hall–Kier alpha value is -0.740. The Kier molecular flexibility index (Phi) is 2.94. The molecule has 0 bridgehead atoms. The molecule has 0 unspecified atom stereocenters. The first-order valence-electron chi connectivity index (χ1n) is 3.84. The molecule has 0 atom stereocenters. The summed E-state index contributed by atoms with van der Waals surface area (Å²) in [5, 5.41) is 0. The van der Waals surface area contributed by atoms with E-state index in [9.17, 15) is 0 Å². The van der Waals surface area contributed by atoms with Crippen LogP contribution in [0.2, 0.25) is 0 Å². The van der Waals surface area contributed by atoms with Crippen LogP contribution in [0.5, 0.6) is 0 Å². The van der Waals surface area contributed by atoms with Gasteiger partial charge >= 0.3 is 0 Å². The maximum atomic E-state index is 3.45. The predicted molar refractivity (Wildman–Crippen MR) is 56.2 cm³/mol. The largest absolute Gasteiger partial charge is 0.101 e. The van der Waals surface area contributed by atoms with Gasteiger partial charge in [-0.3, -0.25) is 0 Å². The highest BCUT2D eigenvalue weighted by molar-refractivity contribution is 9.10. The maximum Gasteiger partial charge on any atom is 0.0304 e. The van der Waals surface area contributed by atoms with Gasteiger partial charge in [-0.25, -0.2) is 0 Å². The van der Waals surface area contributed by atoms with Gasteiger partial charge in [0.1, 0.15) is 0 Å². The average molecular weight is 223 g/mol. The van der Waals surface area contributed by atoms with Gasteiger partial charge in [-0.15, -0.1) is 5.92 Å². The van der Waals surface area contributed by atoms with Gasteiger partial charge in [0.05, 0.1) is 0 Å². The first-order chi connectivity index (χ1) is 5.65. The molecule has 1 aromatic carbocycles. The highest BCUT2D eigenvalue weighted by atomic mass is 79.9. The standard InChI is InChI=1S/C11H11Br/c1-4-5-11-8(2)6-10(12)7-9(11)3/h6-7H,1-3H3. The molecule has 62 valence electrons. The molecule has 12 heavy (non-hydrogen) atoms. The Labute approximate surface area is 82.1 Å². The van der Waals surface area contributed by atoms with Crippen molar-refractivity contribution in [1.82, 2.24) is 0 Å². The Morgan fingerprint density at radius 3 is 2.08 bits per heavy atom. The summed E-state index contributed by atoms with van der Waals surface area (Å²) >= 11 is 3.45. The van der Waals surface area contributed by atoms with Crippen LogP contribution in [0, 0.1) is 25.7 Å². The molecule has 0 aromatic heterocycles. The fourth-order valence-corrected chi connectivity index (χ4v) is 1.92. The van der Waals surface area contributed by atoms with Crippen LogP contribution < -0.4 is 0 Å². The number of halogens is 1. The SMILES string of the molecule is CC#Cc1c(C)cc(Br)cc1C. The summed E-state index contributed by atoms with van der Waals surface area (Å²) in [5.41, 5.74) is 3.62. The molecule has 0 fully saturated rings. The lowest BCUT2D eigenvalue weighted by molar-refractivity contribution is 1.33. The van der Waals surface area contributed by atoms with Crippen LogP contribution >= 0.6 is 15.9 Å². The molecule has 0 amide bonds. The lowest BCUT2D eigenvalue weighted by Gasteiger charge is -2.03. The maximum absolute atomic E-state index is 3.45. The van der Waals surface area contributed by atoms with E-state index in [4.69, 9.17) is 0 Å². The van der Waals surface area contributed by atoms with Gasteiger partial charge < -0.3 is 0 Å². The lowest BCUT2D eigenvalue weighted by atomic mass is 10.0. The molecule has 0 aliphatic carbocycles. The van der Waals surface area contributed by atoms with Crippen molar-refractivity contribution in [2.75, 3.05) is 0 Å². The molecule has 0 radical (unpaired) electrons. The molecule has 0 spiro atoms. The summed E-state index contributed by atoms with van der Waals surface area (Å²) in [6, 6.07) is 4.18. The second-order valence-electron chi connectivity index (χ2n) is 2.79. The lowest BCUT2D eigenvalue weighted by Crippen LogP contribution is -1.87. The molecule has 0 aliphatic rings. The van der Waals surface area contributed by atoms with Gasteiger partial charge in [0.25, 0.3) is 0 Å². The third-order valence-corrected chi connectivity index (χ3v) is 2.21. The molecule has 1 rings (SSSR count). The van der Waals surface area contributed by atoms with E-state index in [0.29, 0.717) is 0 Å². The highest BCUT2D eigenvalue weighted by Gasteiger charge is 2.00. The summed E-state index contributed by atoms with van der Waals surface area (Å²) in [5.74, 6) is 6.02. The smallest absolute Gasteiger partial charge is 0.0304 e. The van der Waals surface area contributed by atoms with E-state index in [2.05, 4.69) is 53.8 Å². The van der Waals surface area contributed by atoms with Crippen molar-refractivity contribution in [3.8, 4) is 11.8 Å². The molecule has 0 aliphatic heterocycles. The monoisotopic (exact) mass is 222 g/mol. The van der Waals surface area contributed by atoms with Gasteiger partial charge in [-0.05, 0) is 44.0 Å². The number of hydrogen-bond donors (Lipinski definition) is 0. The minimum atomic E-state index is 1.12. The van der Waals surface area contributed by atoms with Crippen LogP contribution in [0.15, 0.2) is 16.6 Å². The quantitative estimate of drug-likeness (QED) is 0.591. The molecular weight excluding hydrogens is 212 g/mol. The van der Waals surface area contributed by atoms with Crippen LogP contribution in [0.3, 0.4) is 0 Å². The van der Waals surface area contributed by atoms with Crippen molar-refractivity contribution >= 4 is 15.9 Å². The average Bonchev–Trinajstić information content (AvgIpc) is 1.96. The van der Waals surface area contributed by atoms with Crippen LogP contribution in [0.4, 0.5) is 0 Å². The minimum Gasteiger partial charge on any atom is -0.101 e. The molecule has 0 saturated carbocycles. The summed E-state index contributed by atoms with van der Waals surface area (Å²) in [6.45, 7) is 6.02. The molecule has 0 saturated heterocycles.